The van der Waals surface area contributed by atoms with Crippen molar-refractivity contribution in [3.63, 3.8) is 0 Å². The van der Waals surface area contributed by atoms with Crippen LogP contribution in [0.4, 0.5) is 0 Å². The number of hydrogen-bond acceptors (Lipinski definition) is 5. The highest BCUT2D eigenvalue weighted by Crippen LogP contribution is 2.31. The fourth-order valence-corrected chi connectivity index (χ4v) is 4.60. The molecular weight excluding hydrogens is 338 g/mol. The zero-order valence-electron chi connectivity index (χ0n) is 17.0. The Kier molecular flexibility index (Phi) is 5.19. The van der Waals surface area contributed by atoms with E-state index < -0.39 is 0 Å². The summed E-state index contributed by atoms with van der Waals surface area (Å²) in [7, 11) is 1.75. The van der Waals surface area contributed by atoms with E-state index in [2.05, 4.69) is 51.8 Å². The summed E-state index contributed by atoms with van der Waals surface area (Å²) in [5, 5.41) is 12.4. The highest BCUT2D eigenvalue weighted by Gasteiger charge is 2.28. The first-order valence-electron chi connectivity index (χ1n) is 10.1. The molecule has 0 radical (unpaired) electrons. The molecule has 146 valence electrons. The summed E-state index contributed by atoms with van der Waals surface area (Å²) < 4.78 is 7.88. The Balaban J connectivity index is 1.53. The molecule has 6 nitrogen and oxygen atoms in total. The van der Waals surface area contributed by atoms with Crippen LogP contribution in [0.2, 0.25) is 0 Å². The lowest BCUT2D eigenvalue weighted by molar-refractivity contribution is 0.193. The summed E-state index contributed by atoms with van der Waals surface area (Å²) in [6.45, 7) is 12.7. The van der Waals surface area contributed by atoms with Crippen molar-refractivity contribution in [2.24, 2.45) is 0 Å². The zero-order valence-corrected chi connectivity index (χ0v) is 17.0. The number of aromatic nitrogens is 3. The Hall–Kier alpha value is -1.92. The largest absolute Gasteiger partial charge is 0.496 e. The van der Waals surface area contributed by atoms with E-state index in [4.69, 9.17) is 4.74 Å². The van der Waals surface area contributed by atoms with Gasteiger partial charge in [-0.05, 0) is 68.5 Å². The van der Waals surface area contributed by atoms with Crippen LogP contribution in [0.3, 0.4) is 0 Å². The monoisotopic (exact) mass is 369 g/mol. The van der Waals surface area contributed by atoms with Crippen molar-refractivity contribution in [1.82, 2.24) is 25.0 Å². The highest BCUT2D eigenvalue weighted by atomic mass is 16.5. The molecule has 4 rings (SSSR count). The predicted molar refractivity (Wildman–Crippen MR) is 106 cm³/mol. The van der Waals surface area contributed by atoms with E-state index in [0.29, 0.717) is 5.92 Å². The van der Waals surface area contributed by atoms with Crippen molar-refractivity contribution in [3.8, 4) is 5.75 Å². The molecule has 6 heteroatoms. The molecule has 2 aliphatic rings. The van der Waals surface area contributed by atoms with Crippen LogP contribution in [0, 0.1) is 20.8 Å². The summed E-state index contributed by atoms with van der Waals surface area (Å²) in [5.74, 6) is 3.76. The number of fused-ring (bicyclic) bond motifs is 1. The number of nitrogens with one attached hydrogen (secondary N) is 1. The number of nitrogens with zero attached hydrogens (tertiary/aromatic N) is 4. The van der Waals surface area contributed by atoms with Crippen LogP contribution in [0.5, 0.6) is 5.75 Å². The molecule has 27 heavy (non-hydrogen) atoms. The van der Waals surface area contributed by atoms with Crippen molar-refractivity contribution in [1.29, 1.82) is 0 Å². The number of hydrogen-bond donors (Lipinski definition) is 1. The summed E-state index contributed by atoms with van der Waals surface area (Å²) in [4.78, 5) is 2.60. The van der Waals surface area contributed by atoms with E-state index in [1.54, 1.807) is 7.11 Å². The fraction of sp³-hybridized carbons (Fsp3) is 0.619. The van der Waals surface area contributed by atoms with Crippen LogP contribution >= 0.6 is 0 Å². The van der Waals surface area contributed by atoms with E-state index in [-0.39, 0.29) is 0 Å². The molecule has 0 aliphatic carbocycles. The summed E-state index contributed by atoms with van der Waals surface area (Å²) in [6.07, 6.45) is 2.43. The Morgan fingerprint density at radius 3 is 2.85 bits per heavy atom. The number of benzene rings is 1. The standard InChI is InChI=1S/C21H31N5O/c1-14-10-19(27-4)16(3)15(2)18(14)13-25-8-5-6-17(12-25)21-24-23-20-11-22-7-9-26(20)21/h10,17,22H,5-9,11-13H2,1-4H3/t17-/m1/s1. The average Bonchev–Trinajstić information content (AvgIpc) is 3.12. The van der Waals surface area contributed by atoms with Crippen molar-refractivity contribution >= 4 is 0 Å². The number of ether oxygens (including phenoxy) is 1. The molecule has 1 aromatic carbocycles. The van der Waals surface area contributed by atoms with Gasteiger partial charge >= 0.3 is 0 Å². The molecule has 0 amide bonds. The molecule has 0 spiro atoms. The van der Waals surface area contributed by atoms with Gasteiger partial charge in [-0.15, -0.1) is 10.2 Å². The van der Waals surface area contributed by atoms with Gasteiger partial charge in [-0.1, -0.05) is 0 Å². The lowest BCUT2D eigenvalue weighted by Crippen LogP contribution is -2.36. The van der Waals surface area contributed by atoms with Gasteiger partial charge in [0.05, 0.1) is 13.7 Å². The first-order valence-corrected chi connectivity index (χ1v) is 10.1. The highest BCUT2D eigenvalue weighted by molar-refractivity contribution is 5.48. The van der Waals surface area contributed by atoms with E-state index in [1.807, 2.05) is 0 Å². The lowest BCUT2D eigenvalue weighted by Gasteiger charge is -2.33. The number of likely N-dealkylation sites (tertiary alicyclic amines) is 1. The molecule has 0 saturated carbocycles. The Morgan fingerprint density at radius 2 is 2.04 bits per heavy atom. The molecule has 2 aromatic rings. The second-order valence-corrected chi connectivity index (χ2v) is 8.00. The minimum absolute atomic E-state index is 0.484. The average molecular weight is 370 g/mol. The quantitative estimate of drug-likeness (QED) is 0.898. The van der Waals surface area contributed by atoms with Crippen LogP contribution in [-0.2, 0) is 19.6 Å². The summed E-state index contributed by atoms with van der Waals surface area (Å²) in [6, 6.07) is 2.18. The van der Waals surface area contributed by atoms with Crippen molar-refractivity contribution in [2.45, 2.75) is 59.2 Å². The molecule has 1 atom stereocenters. The normalized spacial score (nSPS) is 20.5. The van der Waals surface area contributed by atoms with Crippen LogP contribution in [0.15, 0.2) is 6.07 Å². The summed E-state index contributed by atoms with van der Waals surface area (Å²) >= 11 is 0. The third-order valence-electron chi connectivity index (χ3n) is 6.33. The molecular formula is C21H31N5O. The summed E-state index contributed by atoms with van der Waals surface area (Å²) in [5.41, 5.74) is 5.38. The fourth-order valence-electron chi connectivity index (χ4n) is 4.60. The number of methoxy groups -OCH3 is 1. The number of aryl methyl sites for hydroxylation is 1. The van der Waals surface area contributed by atoms with Gasteiger partial charge in [-0.3, -0.25) is 4.90 Å². The van der Waals surface area contributed by atoms with Crippen molar-refractivity contribution < 1.29 is 4.74 Å². The third kappa shape index (κ3) is 3.48. The molecule has 1 aromatic heterocycles. The first-order chi connectivity index (χ1) is 13.1. The van der Waals surface area contributed by atoms with Gasteiger partial charge in [0.15, 0.2) is 0 Å². The molecule has 0 unspecified atom stereocenters. The van der Waals surface area contributed by atoms with E-state index in [9.17, 15) is 0 Å². The van der Waals surface area contributed by atoms with Crippen LogP contribution in [-0.4, -0.2) is 46.4 Å². The Labute approximate surface area is 161 Å². The van der Waals surface area contributed by atoms with Crippen molar-refractivity contribution in [3.05, 3.63) is 40.0 Å². The van der Waals surface area contributed by atoms with Crippen LogP contribution < -0.4 is 10.1 Å². The SMILES string of the molecule is COc1cc(C)c(CN2CCC[C@@H](c3nnc4n3CCNC4)C2)c(C)c1C. The smallest absolute Gasteiger partial charge is 0.147 e. The molecule has 3 heterocycles. The molecule has 0 bridgehead atoms. The number of piperidine rings is 1. The van der Waals surface area contributed by atoms with Gasteiger partial charge in [-0.25, -0.2) is 0 Å². The lowest BCUT2D eigenvalue weighted by atomic mass is 9.93. The second-order valence-electron chi connectivity index (χ2n) is 8.00. The second kappa shape index (κ2) is 7.60. The van der Waals surface area contributed by atoms with Gasteiger partial charge in [-0.2, -0.15) is 0 Å². The van der Waals surface area contributed by atoms with E-state index in [0.717, 1.165) is 50.8 Å². The maximum Gasteiger partial charge on any atom is 0.147 e. The van der Waals surface area contributed by atoms with E-state index >= 15 is 0 Å². The first kappa shape index (κ1) is 18.4. The minimum atomic E-state index is 0.484. The Bertz CT molecular complexity index is 828. The Morgan fingerprint density at radius 1 is 1.19 bits per heavy atom. The van der Waals surface area contributed by atoms with Gasteiger partial charge in [0, 0.05) is 32.1 Å². The maximum absolute atomic E-state index is 5.53. The topological polar surface area (TPSA) is 55.2 Å². The number of rotatable bonds is 4. The van der Waals surface area contributed by atoms with Crippen LogP contribution in [0.25, 0.3) is 0 Å². The molecule has 2 aliphatic heterocycles. The minimum Gasteiger partial charge on any atom is -0.496 e. The zero-order chi connectivity index (χ0) is 19.0. The van der Waals surface area contributed by atoms with Crippen LogP contribution in [0.1, 0.15) is 52.7 Å². The predicted octanol–water partition coefficient (Wildman–Crippen LogP) is 2.69. The van der Waals surface area contributed by atoms with Crippen molar-refractivity contribution in [2.75, 3.05) is 26.7 Å². The molecule has 1 N–H and O–H groups in total. The molecule has 1 saturated heterocycles. The third-order valence-corrected chi connectivity index (χ3v) is 6.33. The van der Waals surface area contributed by atoms with Gasteiger partial charge in [0.1, 0.15) is 17.4 Å². The van der Waals surface area contributed by atoms with E-state index in [1.165, 1.54) is 40.9 Å². The van der Waals surface area contributed by atoms with Gasteiger partial charge in [0.25, 0.3) is 0 Å². The maximum atomic E-state index is 5.53. The van der Waals surface area contributed by atoms with Gasteiger partial charge < -0.3 is 14.6 Å². The molecule has 1 fully saturated rings. The van der Waals surface area contributed by atoms with Gasteiger partial charge in [0.2, 0.25) is 0 Å².